The fourth-order valence-electron chi connectivity index (χ4n) is 2.01. The molecule has 0 spiro atoms. The highest BCUT2D eigenvalue weighted by molar-refractivity contribution is 5.80. The zero-order valence-electron chi connectivity index (χ0n) is 13.2. The van der Waals surface area contributed by atoms with Gasteiger partial charge in [-0.15, -0.1) is 0 Å². The van der Waals surface area contributed by atoms with Crippen LogP contribution in [0.25, 0.3) is 0 Å². The predicted octanol–water partition coefficient (Wildman–Crippen LogP) is 1.95. The first-order valence-corrected chi connectivity index (χ1v) is 7.26. The summed E-state index contributed by atoms with van der Waals surface area (Å²) >= 11 is 0. The molecule has 1 N–H and O–H groups in total. The summed E-state index contributed by atoms with van der Waals surface area (Å²) in [6.07, 6.45) is 2.95. The van der Waals surface area contributed by atoms with E-state index in [4.69, 9.17) is 4.74 Å². The number of benzene rings is 1. The second kappa shape index (κ2) is 7.17. The maximum Gasteiger partial charge on any atom is 0.245 e. The van der Waals surface area contributed by atoms with Crippen molar-refractivity contribution in [2.75, 3.05) is 6.61 Å². The van der Waals surface area contributed by atoms with E-state index in [1.807, 2.05) is 44.2 Å². The SMILES string of the molecule is CC(C(=O)NC(C)(C)COCc1ccccc1)n1cncn1. The number of nitrogens with zero attached hydrogens (tertiary/aromatic N) is 3. The van der Waals surface area contributed by atoms with Crippen molar-refractivity contribution in [3.05, 3.63) is 48.5 Å². The van der Waals surface area contributed by atoms with E-state index in [-0.39, 0.29) is 5.91 Å². The Balaban J connectivity index is 1.81. The molecule has 22 heavy (non-hydrogen) atoms. The summed E-state index contributed by atoms with van der Waals surface area (Å²) in [5.74, 6) is -0.112. The highest BCUT2D eigenvalue weighted by Gasteiger charge is 2.25. The van der Waals surface area contributed by atoms with Crippen molar-refractivity contribution in [3.63, 3.8) is 0 Å². The van der Waals surface area contributed by atoms with Gasteiger partial charge in [-0.2, -0.15) is 5.10 Å². The Hall–Kier alpha value is -2.21. The lowest BCUT2D eigenvalue weighted by molar-refractivity contribution is -0.126. The van der Waals surface area contributed by atoms with Gasteiger partial charge in [0, 0.05) is 0 Å². The molecule has 6 nitrogen and oxygen atoms in total. The average molecular weight is 302 g/mol. The lowest BCUT2D eigenvalue weighted by Gasteiger charge is -2.27. The topological polar surface area (TPSA) is 69.0 Å². The second-order valence-corrected chi connectivity index (χ2v) is 5.90. The first-order chi connectivity index (χ1) is 10.5. The molecule has 0 fully saturated rings. The fourth-order valence-corrected chi connectivity index (χ4v) is 2.01. The van der Waals surface area contributed by atoms with Crippen LogP contribution in [0, 0.1) is 0 Å². The molecule has 1 amide bonds. The van der Waals surface area contributed by atoms with Crippen LogP contribution < -0.4 is 5.32 Å². The molecule has 1 heterocycles. The van der Waals surface area contributed by atoms with E-state index in [2.05, 4.69) is 15.4 Å². The minimum absolute atomic E-state index is 0.112. The van der Waals surface area contributed by atoms with E-state index in [1.54, 1.807) is 6.92 Å². The number of carbonyl (C=O) groups excluding carboxylic acids is 1. The fraction of sp³-hybridized carbons (Fsp3) is 0.438. The minimum atomic E-state index is -0.458. The van der Waals surface area contributed by atoms with E-state index in [0.717, 1.165) is 5.56 Å². The normalized spacial score (nSPS) is 12.9. The van der Waals surface area contributed by atoms with Gasteiger partial charge in [-0.3, -0.25) is 4.79 Å². The Morgan fingerprint density at radius 3 is 2.73 bits per heavy atom. The molecule has 0 aliphatic carbocycles. The third-order valence-electron chi connectivity index (χ3n) is 3.25. The van der Waals surface area contributed by atoms with Gasteiger partial charge < -0.3 is 10.1 Å². The molecule has 2 rings (SSSR count). The molecular weight excluding hydrogens is 280 g/mol. The van der Waals surface area contributed by atoms with Crippen molar-refractivity contribution in [1.82, 2.24) is 20.1 Å². The van der Waals surface area contributed by atoms with Crippen molar-refractivity contribution in [3.8, 4) is 0 Å². The van der Waals surface area contributed by atoms with Crippen LogP contribution in [-0.4, -0.2) is 32.8 Å². The molecule has 2 aromatic rings. The molecule has 1 unspecified atom stereocenters. The minimum Gasteiger partial charge on any atom is -0.374 e. The van der Waals surface area contributed by atoms with Crippen LogP contribution in [0.5, 0.6) is 0 Å². The summed E-state index contributed by atoms with van der Waals surface area (Å²) in [6, 6.07) is 9.54. The first-order valence-electron chi connectivity index (χ1n) is 7.26. The molecule has 0 bridgehead atoms. The van der Waals surface area contributed by atoms with E-state index in [1.165, 1.54) is 17.3 Å². The quantitative estimate of drug-likeness (QED) is 0.849. The van der Waals surface area contributed by atoms with E-state index in [9.17, 15) is 4.79 Å². The summed E-state index contributed by atoms with van der Waals surface area (Å²) < 4.78 is 7.23. The molecule has 1 aromatic heterocycles. The van der Waals surface area contributed by atoms with E-state index < -0.39 is 11.6 Å². The predicted molar refractivity (Wildman–Crippen MR) is 83.1 cm³/mol. The van der Waals surface area contributed by atoms with Crippen molar-refractivity contribution in [1.29, 1.82) is 0 Å². The number of amides is 1. The van der Waals surface area contributed by atoms with Gasteiger partial charge in [-0.05, 0) is 26.3 Å². The zero-order valence-corrected chi connectivity index (χ0v) is 13.2. The van der Waals surface area contributed by atoms with Crippen LogP contribution in [0.15, 0.2) is 43.0 Å². The van der Waals surface area contributed by atoms with E-state index in [0.29, 0.717) is 13.2 Å². The van der Waals surface area contributed by atoms with Crippen LogP contribution in [-0.2, 0) is 16.1 Å². The number of ether oxygens (including phenoxy) is 1. The van der Waals surface area contributed by atoms with Gasteiger partial charge in [0.15, 0.2) is 0 Å². The van der Waals surface area contributed by atoms with Crippen molar-refractivity contribution in [2.24, 2.45) is 0 Å². The number of nitrogens with one attached hydrogen (secondary N) is 1. The maximum absolute atomic E-state index is 12.2. The molecule has 0 aliphatic rings. The number of aromatic nitrogens is 3. The highest BCUT2D eigenvalue weighted by Crippen LogP contribution is 2.10. The van der Waals surface area contributed by atoms with E-state index >= 15 is 0 Å². The molecule has 0 aliphatic heterocycles. The van der Waals surface area contributed by atoms with Gasteiger partial charge >= 0.3 is 0 Å². The number of rotatable bonds is 7. The zero-order chi connectivity index (χ0) is 16.0. The van der Waals surface area contributed by atoms with Crippen molar-refractivity contribution in [2.45, 2.75) is 39.0 Å². The van der Waals surface area contributed by atoms with Crippen LogP contribution in [0.1, 0.15) is 32.4 Å². The van der Waals surface area contributed by atoms with Crippen molar-refractivity contribution >= 4 is 5.91 Å². The third-order valence-corrected chi connectivity index (χ3v) is 3.25. The largest absolute Gasteiger partial charge is 0.374 e. The molecule has 1 atom stereocenters. The number of hydrogen-bond donors (Lipinski definition) is 1. The van der Waals surface area contributed by atoms with Crippen LogP contribution >= 0.6 is 0 Å². The average Bonchev–Trinajstić information content (AvgIpc) is 3.01. The lowest BCUT2D eigenvalue weighted by atomic mass is 10.1. The Kier molecular flexibility index (Phi) is 5.27. The lowest BCUT2D eigenvalue weighted by Crippen LogP contribution is -2.49. The van der Waals surface area contributed by atoms with Crippen molar-refractivity contribution < 1.29 is 9.53 Å². The summed E-state index contributed by atoms with van der Waals surface area (Å²) in [4.78, 5) is 16.1. The highest BCUT2D eigenvalue weighted by atomic mass is 16.5. The summed E-state index contributed by atoms with van der Waals surface area (Å²) in [5, 5.41) is 6.96. The first kappa shape index (κ1) is 16.2. The standard InChI is InChI=1S/C16H22N4O2/c1-13(20-12-17-11-18-20)15(21)19-16(2,3)10-22-9-14-7-5-4-6-8-14/h4-8,11-13H,9-10H2,1-3H3,(H,19,21). The third kappa shape index (κ3) is 4.66. The Labute approximate surface area is 130 Å². The summed E-state index contributed by atoms with van der Waals surface area (Å²) in [5.41, 5.74) is 0.654. The molecule has 0 saturated heterocycles. The molecular formula is C16H22N4O2. The van der Waals surface area contributed by atoms with Gasteiger partial charge in [-0.1, -0.05) is 30.3 Å². The van der Waals surface area contributed by atoms with Gasteiger partial charge in [-0.25, -0.2) is 9.67 Å². The second-order valence-electron chi connectivity index (χ2n) is 5.90. The van der Waals surface area contributed by atoms with Crippen LogP contribution in [0.2, 0.25) is 0 Å². The van der Waals surface area contributed by atoms with Gasteiger partial charge in [0.2, 0.25) is 5.91 Å². The molecule has 0 saturated carbocycles. The monoisotopic (exact) mass is 302 g/mol. The molecule has 118 valence electrons. The van der Waals surface area contributed by atoms with Gasteiger partial charge in [0.1, 0.15) is 18.7 Å². The number of hydrogen-bond acceptors (Lipinski definition) is 4. The Morgan fingerprint density at radius 1 is 1.36 bits per heavy atom. The molecule has 6 heteroatoms. The van der Waals surface area contributed by atoms with Crippen LogP contribution in [0.4, 0.5) is 0 Å². The smallest absolute Gasteiger partial charge is 0.245 e. The maximum atomic E-state index is 12.2. The summed E-state index contributed by atoms with van der Waals surface area (Å²) in [7, 11) is 0. The Morgan fingerprint density at radius 2 is 2.09 bits per heavy atom. The number of carbonyl (C=O) groups is 1. The van der Waals surface area contributed by atoms with Crippen LogP contribution in [0.3, 0.4) is 0 Å². The van der Waals surface area contributed by atoms with Gasteiger partial charge in [0.05, 0.1) is 18.8 Å². The van der Waals surface area contributed by atoms with Gasteiger partial charge in [0.25, 0.3) is 0 Å². The molecule has 1 aromatic carbocycles. The Bertz CT molecular complexity index is 581. The molecule has 0 radical (unpaired) electrons. The summed E-state index contributed by atoms with van der Waals surface area (Å²) in [6.45, 7) is 6.61.